The van der Waals surface area contributed by atoms with Gasteiger partial charge in [0.05, 0.1) is 6.42 Å². The number of halogens is 1. The monoisotopic (exact) mass is 372 g/mol. The third kappa shape index (κ3) is 6.07. The van der Waals surface area contributed by atoms with Crippen molar-refractivity contribution in [3.63, 3.8) is 0 Å². The highest BCUT2D eigenvalue weighted by molar-refractivity contribution is 6.30. The third-order valence-corrected chi connectivity index (χ3v) is 3.59. The second kappa shape index (κ2) is 9.39. The summed E-state index contributed by atoms with van der Waals surface area (Å²) in [4.78, 5) is 35.3. The Labute approximate surface area is 155 Å². The average molecular weight is 373 g/mol. The first-order valence-corrected chi connectivity index (χ1v) is 8.17. The number of carboxylic acids is 1. The van der Waals surface area contributed by atoms with Crippen LogP contribution in [0.1, 0.15) is 22.3 Å². The molecule has 0 spiro atoms. The number of aliphatic carboxylic acids is 1. The van der Waals surface area contributed by atoms with Crippen molar-refractivity contribution in [3.8, 4) is 0 Å². The van der Waals surface area contributed by atoms with Gasteiger partial charge < -0.3 is 15.7 Å². The summed E-state index contributed by atoms with van der Waals surface area (Å²) in [7, 11) is 0. The third-order valence-electron chi connectivity index (χ3n) is 3.33. The van der Waals surface area contributed by atoms with Crippen LogP contribution in [0.2, 0.25) is 5.02 Å². The van der Waals surface area contributed by atoms with E-state index in [1.165, 1.54) is 6.08 Å². The van der Waals surface area contributed by atoms with Gasteiger partial charge >= 0.3 is 5.97 Å². The Kier molecular flexibility index (Phi) is 6.93. The molecule has 0 heterocycles. The van der Waals surface area contributed by atoms with Crippen molar-refractivity contribution in [2.75, 3.05) is 6.54 Å². The van der Waals surface area contributed by atoms with Crippen LogP contribution >= 0.6 is 11.6 Å². The van der Waals surface area contributed by atoms with Gasteiger partial charge in [0.1, 0.15) is 5.70 Å². The van der Waals surface area contributed by atoms with Crippen LogP contribution in [0.25, 0.3) is 6.08 Å². The van der Waals surface area contributed by atoms with Gasteiger partial charge in [-0.15, -0.1) is 0 Å². The van der Waals surface area contributed by atoms with Crippen molar-refractivity contribution in [2.45, 2.75) is 6.42 Å². The second-order valence-electron chi connectivity index (χ2n) is 5.33. The quantitative estimate of drug-likeness (QED) is 0.651. The highest BCUT2D eigenvalue weighted by Gasteiger charge is 2.14. The molecule has 0 aliphatic rings. The summed E-state index contributed by atoms with van der Waals surface area (Å²) in [5.41, 5.74) is 1.06. The number of carbonyl (C=O) groups is 3. The van der Waals surface area contributed by atoms with E-state index in [-0.39, 0.29) is 18.7 Å². The molecule has 134 valence electrons. The van der Waals surface area contributed by atoms with Gasteiger partial charge in [-0.2, -0.15) is 0 Å². The predicted molar refractivity (Wildman–Crippen MR) is 98.6 cm³/mol. The van der Waals surface area contributed by atoms with E-state index in [2.05, 4.69) is 10.6 Å². The van der Waals surface area contributed by atoms with E-state index in [0.29, 0.717) is 16.1 Å². The van der Waals surface area contributed by atoms with Crippen molar-refractivity contribution >= 4 is 35.5 Å². The molecule has 3 N–H and O–H groups in total. The summed E-state index contributed by atoms with van der Waals surface area (Å²) in [6, 6.07) is 15.2. The molecule has 0 saturated carbocycles. The molecule has 6 nitrogen and oxygen atoms in total. The maximum atomic E-state index is 12.3. The molecule has 7 heteroatoms. The average Bonchev–Trinajstić information content (AvgIpc) is 2.63. The van der Waals surface area contributed by atoms with E-state index in [0.717, 1.165) is 0 Å². The molecule has 0 aliphatic carbocycles. The van der Waals surface area contributed by atoms with Gasteiger partial charge in [0.15, 0.2) is 0 Å². The van der Waals surface area contributed by atoms with Crippen molar-refractivity contribution in [1.29, 1.82) is 0 Å². The lowest BCUT2D eigenvalue weighted by atomic mass is 10.1. The fourth-order valence-electron chi connectivity index (χ4n) is 2.05. The molecule has 0 bridgehead atoms. The van der Waals surface area contributed by atoms with Crippen LogP contribution in [0.15, 0.2) is 60.3 Å². The van der Waals surface area contributed by atoms with Crippen molar-refractivity contribution in [3.05, 3.63) is 76.4 Å². The Morgan fingerprint density at radius 2 is 1.65 bits per heavy atom. The van der Waals surface area contributed by atoms with Gasteiger partial charge in [-0.25, -0.2) is 0 Å². The number of amides is 2. The molecule has 26 heavy (non-hydrogen) atoms. The number of rotatable bonds is 7. The summed E-state index contributed by atoms with van der Waals surface area (Å²) in [5, 5.41) is 14.3. The van der Waals surface area contributed by atoms with E-state index in [1.54, 1.807) is 54.6 Å². The molecule has 0 aliphatic heterocycles. The fourth-order valence-corrected chi connectivity index (χ4v) is 2.17. The number of carbonyl (C=O) groups excluding carboxylic acids is 2. The molecule has 2 amide bonds. The predicted octanol–water partition coefficient (Wildman–Crippen LogP) is 2.70. The first-order valence-electron chi connectivity index (χ1n) is 7.79. The minimum atomic E-state index is -1.03. The number of benzene rings is 2. The van der Waals surface area contributed by atoms with E-state index in [9.17, 15) is 14.4 Å². The number of hydrogen-bond acceptors (Lipinski definition) is 3. The molecule has 2 aromatic carbocycles. The standard InChI is InChI=1S/C19H17ClN2O4/c20-15-8-6-13(7-9-15)12-16(19(26)21-11-10-17(23)24)22-18(25)14-4-2-1-3-5-14/h1-9,12H,10-11H2,(H,21,26)(H,22,25)(H,23,24)/b16-12+. The molecular formula is C19H17ClN2O4. The van der Waals surface area contributed by atoms with E-state index in [1.807, 2.05) is 0 Å². The first-order chi connectivity index (χ1) is 12.5. The SMILES string of the molecule is O=C(O)CCNC(=O)/C(=C\c1ccc(Cl)cc1)NC(=O)c1ccccc1. The summed E-state index contributed by atoms with van der Waals surface area (Å²) < 4.78 is 0. The van der Waals surface area contributed by atoms with E-state index in [4.69, 9.17) is 16.7 Å². The van der Waals surface area contributed by atoms with Gasteiger partial charge in [0, 0.05) is 17.1 Å². The lowest BCUT2D eigenvalue weighted by molar-refractivity contribution is -0.136. The minimum Gasteiger partial charge on any atom is -0.481 e. The maximum Gasteiger partial charge on any atom is 0.305 e. The Hall–Kier alpha value is -3.12. The molecule has 2 aromatic rings. The Balaban J connectivity index is 2.20. The first kappa shape index (κ1) is 19.2. The van der Waals surface area contributed by atoms with Crippen LogP contribution in [0.4, 0.5) is 0 Å². The summed E-state index contributed by atoms with van der Waals surface area (Å²) >= 11 is 5.85. The van der Waals surface area contributed by atoms with Crippen LogP contribution in [-0.2, 0) is 9.59 Å². The normalized spacial score (nSPS) is 10.9. The lowest BCUT2D eigenvalue weighted by Gasteiger charge is -2.11. The van der Waals surface area contributed by atoms with Crippen LogP contribution in [-0.4, -0.2) is 29.4 Å². The van der Waals surface area contributed by atoms with Crippen molar-refractivity contribution < 1.29 is 19.5 Å². The smallest absolute Gasteiger partial charge is 0.305 e. The Bertz CT molecular complexity index is 817. The summed E-state index contributed by atoms with van der Waals surface area (Å²) in [5.74, 6) is -2.05. The Morgan fingerprint density at radius 3 is 2.27 bits per heavy atom. The molecule has 0 atom stereocenters. The largest absolute Gasteiger partial charge is 0.481 e. The summed E-state index contributed by atoms with van der Waals surface area (Å²) in [6.07, 6.45) is 1.28. The maximum absolute atomic E-state index is 12.3. The summed E-state index contributed by atoms with van der Waals surface area (Å²) in [6.45, 7) is -0.0483. The second-order valence-corrected chi connectivity index (χ2v) is 5.77. The van der Waals surface area contributed by atoms with Crippen molar-refractivity contribution in [1.82, 2.24) is 10.6 Å². The zero-order chi connectivity index (χ0) is 18.9. The lowest BCUT2D eigenvalue weighted by Crippen LogP contribution is -2.35. The highest BCUT2D eigenvalue weighted by atomic mass is 35.5. The molecule has 0 aromatic heterocycles. The molecule has 0 fully saturated rings. The topological polar surface area (TPSA) is 95.5 Å². The number of hydrogen-bond donors (Lipinski definition) is 3. The van der Waals surface area contributed by atoms with Crippen molar-refractivity contribution in [2.24, 2.45) is 0 Å². The molecule has 2 rings (SSSR count). The van der Waals surface area contributed by atoms with Gasteiger partial charge in [-0.1, -0.05) is 41.9 Å². The van der Waals surface area contributed by atoms with Gasteiger partial charge in [0.25, 0.3) is 11.8 Å². The fraction of sp³-hybridized carbons (Fsp3) is 0.105. The minimum absolute atomic E-state index is 0.00608. The molecule has 0 radical (unpaired) electrons. The van der Waals surface area contributed by atoms with Crippen LogP contribution in [0.5, 0.6) is 0 Å². The number of nitrogens with one attached hydrogen (secondary N) is 2. The van der Waals surface area contributed by atoms with Crippen LogP contribution in [0, 0.1) is 0 Å². The van der Waals surface area contributed by atoms with Crippen LogP contribution in [0.3, 0.4) is 0 Å². The van der Waals surface area contributed by atoms with E-state index < -0.39 is 17.8 Å². The van der Waals surface area contributed by atoms with Gasteiger partial charge in [0.2, 0.25) is 0 Å². The zero-order valence-electron chi connectivity index (χ0n) is 13.7. The highest BCUT2D eigenvalue weighted by Crippen LogP contribution is 2.12. The molecule has 0 unspecified atom stereocenters. The number of carboxylic acid groups (broad SMARTS) is 1. The van der Waals surface area contributed by atoms with Crippen LogP contribution < -0.4 is 10.6 Å². The van der Waals surface area contributed by atoms with Gasteiger partial charge in [-0.3, -0.25) is 14.4 Å². The van der Waals surface area contributed by atoms with Gasteiger partial charge in [-0.05, 0) is 35.9 Å². The molecular weight excluding hydrogens is 356 g/mol. The van der Waals surface area contributed by atoms with E-state index >= 15 is 0 Å². The Morgan fingerprint density at radius 1 is 1.00 bits per heavy atom. The molecule has 0 saturated heterocycles. The zero-order valence-corrected chi connectivity index (χ0v) is 14.5.